The number of hydrogen-bond donors (Lipinski definition) is 2. The molecule has 1 amide bonds. The summed E-state index contributed by atoms with van der Waals surface area (Å²) in [5.74, 6) is 0.625. The largest absolute Gasteiger partial charge is 0.485 e. The summed E-state index contributed by atoms with van der Waals surface area (Å²) in [5.41, 5.74) is 5.62. The normalized spacial score (nSPS) is 16.2. The molecule has 7 nitrogen and oxygen atoms in total. The Morgan fingerprint density at radius 1 is 1.34 bits per heavy atom. The highest BCUT2D eigenvalue weighted by Gasteiger charge is 2.40. The lowest BCUT2D eigenvalue weighted by Gasteiger charge is -2.30. The Hall–Kier alpha value is -2.80. The first-order chi connectivity index (χ1) is 13.6. The minimum Gasteiger partial charge on any atom is -0.485 e. The summed E-state index contributed by atoms with van der Waals surface area (Å²) in [6.07, 6.45) is 1.40. The van der Waals surface area contributed by atoms with Crippen LogP contribution in [0.1, 0.15) is 38.8 Å². The Labute approximate surface area is 169 Å². The Balaban J connectivity index is 1.88. The van der Waals surface area contributed by atoms with Gasteiger partial charge in [0.1, 0.15) is 23.0 Å². The summed E-state index contributed by atoms with van der Waals surface area (Å²) in [6.45, 7) is 11.9. The van der Waals surface area contributed by atoms with Crippen molar-refractivity contribution in [2.75, 3.05) is 13.1 Å². The molecule has 2 heterocycles. The highest BCUT2D eigenvalue weighted by molar-refractivity contribution is 5.80. The number of rotatable bonds is 6. The molecule has 156 valence electrons. The van der Waals surface area contributed by atoms with Gasteiger partial charge in [-0.25, -0.2) is 9.59 Å². The summed E-state index contributed by atoms with van der Waals surface area (Å²) in [5, 5.41) is 3.41. The van der Waals surface area contributed by atoms with E-state index in [2.05, 4.69) is 11.9 Å². The van der Waals surface area contributed by atoms with Crippen molar-refractivity contribution in [3.63, 3.8) is 0 Å². The van der Waals surface area contributed by atoms with Gasteiger partial charge in [0.2, 0.25) is 0 Å². The molecule has 1 aromatic heterocycles. The van der Waals surface area contributed by atoms with Gasteiger partial charge in [-0.1, -0.05) is 19.9 Å². The predicted octanol–water partition coefficient (Wildman–Crippen LogP) is 3.02. The van der Waals surface area contributed by atoms with E-state index >= 15 is 0 Å². The second-order valence-corrected chi connectivity index (χ2v) is 8.39. The van der Waals surface area contributed by atoms with Gasteiger partial charge in [-0.05, 0) is 31.5 Å². The van der Waals surface area contributed by atoms with E-state index in [0.717, 1.165) is 10.9 Å². The third-order valence-corrected chi connectivity index (χ3v) is 5.34. The maximum absolute atomic E-state index is 12.4. The van der Waals surface area contributed by atoms with E-state index < -0.39 is 22.7 Å². The van der Waals surface area contributed by atoms with E-state index in [-0.39, 0.29) is 6.10 Å². The van der Waals surface area contributed by atoms with Gasteiger partial charge in [0, 0.05) is 41.9 Å². The number of allylic oxidation sites excluding steroid dienone is 1. The molecule has 1 atom stereocenters. The van der Waals surface area contributed by atoms with Crippen molar-refractivity contribution < 1.29 is 18.7 Å². The first kappa shape index (κ1) is 20.9. The monoisotopic (exact) mass is 400 g/mol. The predicted molar refractivity (Wildman–Crippen MR) is 111 cm³/mol. The van der Waals surface area contributed by atoms with Crippen molar-refractivity contribution in [2.24, 2.45) is 5.73 Å². The van der Waals surface area contributed by atoms with Crippen LogP contribution in [0.3, 0.4) is 0 Å². The van der Waals surface area contributed by atoms with E-state index in [1.54, 1.807) is 26.0 Å². The summed E-state index contributed by atoms with van der Waals surface area (Å²) in [7, 11) is 0. The molecule has 0 aliphatic carbocycles. The molecule has 0 spiro atoms. The molecule has 0 radical (unpaired) electrons. The molecule has 3 N–H and O–H groups in total. The van der Waals surface area contributed by atoms with Gasteiger partial charge >= 0.3 is 11.7 Å². The highest BCUT2D eigenvalue weighted by atomic mass is 16.6. The number of nitrogens with one attached hydrogen (secondary N) is 1. The number of carbonyl (C=O) groups excluding carboxylic acids is 1. The fraction of sp³-hybridized carbons (Fsp3) is 0.455. The SMILES string of the molecule is C=CC(C)(C)c1cc2cc3c(cc2oc1=O)O[C@@H](C(C)(C)OC(=O)NCCN)C3. The van der Waals surface area contributed by atoms with Crippen molar-refractivity contribution >= 4 is 17.1 Å². The van der Waals surface area contributed by atoms with Crippen LogP contribution in [0.2, 0.25) is 0 Å². The molecule has 0 unspecified atom stereocenters. The molecule has 1 aliphatic heterocycles. The highest BCUT2D eigenvalue weighted by Crippen LogP contribution is 2.38. The van der Waals surface area contributed by atoms with Crippen LogP contribution in [0.25, 0.3) is 11.0 Å². The van der Waals surface area contributed by atoms with Crippen LogP contribution in [-0.2, 0) is 16.6 Å². The van der Waals surface area contributed by atoms with Crippen molar-refractivity contribution in [3.05, 3.63) is 52.4 Å². The summed E-state index contributed by atoms with van der Waals surface area (Å²) >= 11 is 0. The third kappa shape index (κ3) is 4.15. The molecule has 29 heavy (non-hydrogen) atoms. The smallest absolute Gasteiger partial charge is 0.407 e. The Bertz CT molecular complexity index is 1010. The molecular weight excluding hydrogens is 372 g/mol. The molecule has 0 saturated carbocycles. The number of carbonyl (C=O) groups is 1. The van der Waals surface area contributed by atoms with E-state index in [4.69, 9.17) is 19.6 Å². The lowest BCUT2D eigenvalue weighted by Crippen LogP contribution is -2.46. The second-order valence-electron chi connectivity index (χ2n) is 8.39. The van der Waals surface area contributed by atoms with Crippen molar-refractivity contribution in [3.8, 4) is 5.75 Å². The van der Waals surface area contributed by atoms with Crippen LogP contribution in [0.5, 0.6) is 5.75 Å². The van der Waals surface area contributed by atoms with Crippen LogP contribution in [0, 0.1) is 0 Å². The van der Waals surface area contributed by atoms with Crippen LogP contribution < -0.4 is 21.4 Å². The van der Waals surface area contributed by atoms with Crippen LogP contribution >= 0.6 is 0 Å². The number of nitrogens with two attached hydrogens (primary N) is 1. The lowest BCUT2D eigenvalue weighted by molar-refractivity contribution is -0.0366. The molecule has 0 bridgehead atoms. The average molecular weight is 400 g/mol. The summed E-state index contributed by atoms with van der Waals surface area (Å²) < 4.78 is 17.1. The number of fused-ring (bicyclic) bond motifs is 2. The minimum atomic E-state index is -0.860. The second kappa shape index (κ2) is 7.55. The maximum Gasteiger partial charge on any atom is 0.407 e. The van der Waals surface area contributed by atoms with E-state index in [0.29, 0.717) is 36.4 Å². The Morgan fingerprint density at radius 3 is 2.72 bits per heavy atom. The van der Waals surface area contributed by atoms with Gasteiger partial charge < -0.3 is 24.9 Å². The molecular formula is C22H28N2O5. The minimum absolute atomic E-state index is 0.337. The molecule has 1 aromatic carbocycles. The molecule has 0 fully saturated rings. The molecule has 1 aliphatic rings. The number of amides is 1. The maximum atomic E-state index is 12.4. The van der Waals surface area contributed by atoms with Gasteiger partial charge in [0.25, 0.3) is 0 Å². The van der Waals surface area contributed by atoms with Crippen molar-refractivity contribution in [1.29, 1.82) is 0 Å². The van der Waals surface area contributed by atoms with E-state index in [1.807, 2.05) is 26.0 Å². The zero-order valence-electron chi connectivity index (χ0n) is 17.3. The molecule has 2 aromatic rings. The fourth-order valence-corrected chi connectivity index (χ4v) is 3.32. The van der Waals surface area contributed by atoms with E-state index in [9.17, 15) is 9.59 Å². The standard InChI is InChI=1S/C22H28N2O5/c1-6-21(2,3)15-10-13-9-14-11-18(22(4,5)29-20(26)24-8-7-23)27-16(14)12-17(13)28-19(15)25/h6,9-10,12,18H,1,7-8,11,23H2,2-5H3,(H,24,26)/t18-/m1/s1. The average Bonchev–Trinajstić information content (AvgIpc) is 3.07. The van der Waals surface area contributed by atoms with Gasteiger partial charge in [-0.2, -0.15) is 0 Å². The van der Waals surface area contributed by atoms with Crippen molar-refractivity contribution in [2.45, 2.75) is 51.2 Å². The molecule has 3 rings (SSSR count). The van der Waals surface area contributed by atoms with E-state index in [1.165, 1.54) is 0 Å². The first-order valence-electron chi connectivity index (χ1n) is 9.66. The topological polar surface area (TPSA) is 104 Å². The number of hydrogen-bond acceptors (Lipinski definition) is 6. The molecule has 7 heteroatoms. The van der Waals surface area contributed by atoms with Gasteiger partial charge in [0.05, 0.1) is 0 Å². The van der Waals surface area contributed by atoms with Crippen LogP contribution in [-0.4, -0.2) is 30.9 Å². The first-order valence-corrected chi connectivity index (χ1v) is 9.66. The fourth-order valence-electron chi connectivity index (χ4n) is 3.32. The van der Waals surface area contributed by atoms with Gasteiger partial charge in [0.15, 0.2) is 0 Å². The van der Waals surface area contributed by atoms with Gasteiger partial charge in [-0.15, -0.1) is 6.58 Å². The number of alkyl carbamates (subject to hydrolysis) is 1. The lowest BCUT2D eigenvalue weighted by atomic mass is 9.85. The van der Waals surface area contributed by atoms with Crippen LogP contribution in [0.15, 0.2) is 40.1 Å². The summed E-state index contributed by atoms with van der Waals surface area (Å²) in [4.78, 5) is 24.4. The number of benzene rings is 1. The zero-order valence-corrected chi connectivity index (χ0v) is 17.3. The Kier molecular flexibility index (Phi) is 5.45. The van der Waals surface area contributed by atoms with Crippen LogP contribution in [0.4, 0.5) is 4.79 Å². The zero-order chi connectivity index (χ0) is 21.4. The number of ether oxygens (including phenoxy) is 2. The summed E-state index contributed by atoms with van der Waals surface area (Å²) in [6, 6.07) is 5.53. The third-order valence-electron chi connectivity index (χ3n) is 5.34. The van der Waals surface area contributed by atoms with Gasteiger partial charge in [-0.3, -0.25) is 0 Å². The quantitative estimate of drug-likeness (QED) is 0.571. The molecule has 0 saturated heterocycles. The Morgan fingerprint density at radius 2 is 2.07 bits per heavy atom. The van der Waals surface area contributed by atoms with Crippen molar-refractivity contribution in [1.82, 2.24) is 5.32 Å².